The Balaban J connectivity index is 2.13. The maximum atomic E-state index is 13.3. The summed E-state index contributed by atoms with van der Waals surface area (Å²) >= 11 is 5.49. The smallest absolute Gasteiger partial charge is 0.270 e. The molecule has 0 aliphatic carbocycles. The molecule has 1 heterocycles. The fraction of sp³-hybridized carbons (Fsp3) is 0.0476. The zero-order valence-electron chi connectivity index (χ0n) is 15.2. The fourth-order valence-corrected chi connectivity index (χ4v) is 3.02. The molecule has 8 heteroatoms. The average Bonchev–Trinajstić information content (AvgIpc) is 2.74. The predicted octanol–water partition coefficient (Wildman–Crippen LogP) is 2.50. The largest absolute Gasteiger partial charge is 0.867 e. The Morgan fingerprint density at radius 1 is 1.10 bits per heavy atom. The van der Waals surface area contributed by atoms with Crippen LogP contribution < -0.4 is 15.0 Å². The summed E-state index contributed by atoms with van der Waals surface area (Å²) in [6.07, 6.45) is 3.21. The van der Waals surface area contributed by atoms with Crippen molar-refractivity contribution in [1.82, 2.24) is 0 Å². The molecule has 0 radical (unpaired) electrons. The number of aliphatic hydroxyl groups excluding tert-OH is 1. The van der Waals surface area contributed by atoms with Gasteiger partial charge >= 0.3 is 0 Å². The number of nitrogens with one attached hydrogen (secondary N) is 1. The normalized spacial score (nSPS) is 11.5. The molecule has 29 heavy (non-hydrogen) atoms. The van der Waals surface area contributed by atoms with E-state index < -0.39 is 10.7 Å². The molecule has 0 aliphatic rings. The SMILES string of the molecule is O=[N+]([O-])c1cccc(C([O-])=C(C(=S)Nc2ccccc2)[n+]2cccc(CO)c2)c1. The van der Waals surface area contributed by atoms with Crippen LogP contribution in [0.1, 0.15) is 11.1 Å². The molecule has 2 aromatic carbocycles. The fourth-order valence-electron chi connectivity index (χ4n) is 2.70. The van der Waals surface area contributed by atoms with Crippen molar-refractivity contribution in [3.05, 3.63) is 100 Å². The Morgan fingerprint density at radius 2 is 1.86 bits per heavy atom. The number of nitro benzene ring substituents is 1. The number of non-ortho nitro benzene ring substituents is 1. The van der Waals surface area contributed by atoms with Gasteiger partial charge in [-0.1, -0.05) is 42.5 Å². The van der Waals surface area contributed by atoms with Gasteiger partial charge in [-0.15, -0.1) is 0 Å². The number of hydrogen-bond acceptors (Lipinski definition) is 5. The van der Waals surface area contributed by atoms with E-state index in [-0.39, 0.29) is 28.5 Å². The number of anilines is 1. The molecule has 0 fully saturated rings. The summed E-state index contributed by atoms with van der Waals surface area (Å²) in [5.41, 5.74) is 1.33. The van der Waals surface area contributed by atoms with Crippen molar-refractivity contribution >= 4 is 40.0 Å². The highest BCUT2D eigenvalue weighted by Gasteiger charge is 2.20. The maximum Gasteiger partial charge on any atom is 0.270 e. The zero-order chi connectivity index (χ0) is 20.8. The van der Waals surface area contributed by atoms with Crippen LogP contribution in [0.25, 0.3) is 11.5 Å². The molecule has 3 rings (SSSR count). The Bertz CT molecular complexity index is 1080. The van der Waals surface area contributed by atoms with Crippen LogP contribution in [0.2, 0.25) is 0 Å². The van der Waals surface area contributed by atoms with Crippen molar-refractivity contribution in [2.24, 2.45) is 0 Å². The van der Waals surface area contributed by atoms with Crippen LogP contribution in [0.4, 0.5) is 11.4 Å². The van der Waals surface area contributed by atoms with Crippen LogP contribution in [0.5, 0.6) is 0 Å². The van der Waals surface area contributed by atoms with Gasteiger partial charge in [0, 0.05) is 29.4 Å². The summed E-state index contributed by atoms with van der Waals surface area (Å²) in [5, 5.41) is 36.8. The molecular formula is C21H17N3O4S. The van der Waals surface area contributed by atoms with E-state index in [0.717, 1.165) is 0 Å². The molecule has 0 saturated carbocycles. The summed E-state index contributed by atoms with van der Waals surface area (Å²) in [6.45, 7) is -0.210. The van der Waals surface area contributed by atoms with Gasteiger partial charge in [0.1, 0.15) is 0 Å². The van der Waals surface area contributed by atoms with Gasteiger partial charge in [-0.3, -0.25) is 10.1 Å². The highest BCUT2D eigenvalue weighted by atomic mass is 32.1. The predicted molar refractivity (Wildman–Crippen MR) is 111 cm³/mol. The second kappa shape index (κ2) is 9.05. The molecule has 0 amide bonds. The number of nitro groups is 1. The van der Waals surface area contributed by atoms with Gasteiger partial charge in [0.2, 0.25) is 5.70 Å². The first-order valence-corrected chi connectivity index (χ1v) is 9.04. The summed E-state index contributed by atoms with van der Waals surface area (Å²) in [4.78, 5) is 10.7. The highest BCUT2D eigenvalue weighted by Crippen LogP contribution is 2.21. The van der Waals surface area contributed by atoms with Gasteiger partial charge in [0.25, 0.3) is 5.69 Å². The minimum Gasteiger partial charge on any atom is -0.867 e. The number of para-hydroxylation sites is 1. The van der Waals surface area contributed by atoms with Gasteiger partial charge in [0.05, 0.1) is 11.5 Å². The lowest BCUT2D eigenvalue weighted by Crippen LogP contribution is -2.40. The number of rotatable bonds is 6. The van der Waals surface area contributed by atoms with E-state index in [1.807, 2.05) is 18.2 Å². The lowest BCUT2D eigenvalue weighted by Gasteiger charge is -2.17. The molecular weight excluding hydrogens is 390 g/mol. The van der Waals surface area contributed by atoms with Crippen molar-refractivity contribution in [1.29, 1.82) is 0 Å². The lowest BCUT2D eigenvalue weighted by atomic mass is 10.1. The molecule has 2 N–H and O–H groups in total. The molecule has 0 aliphatic heterocycles. The minimum absolute atomic E-state index is 0.111. The van der Waals surface area contributed by atoms with Crippen LogP contribution in [0.3, 0.4) is 0 Å². The summed E-state index contributed by atoms with van der Waals surface area (Å²) in [5.74, 6) is -0.484. The molecule has 3 aromatic rings. The first kappa shape index (κ1) is 20.1. The van der Waals surface area contributed by atoms with Crippen LogP contribution in [0.15, 0.2) is 79.1 Å². The first-order valence-electron chi connectivity index (χ1n) is 8.63. The van der Waals surface area contributed by atoms with Crippen LogP contribution in [0, 0.1) is 10.1 Å². The molecule has 0 unspecified atom stereocenters. The maximum absolute atomic E-state index is 13.3. The van der Waals surface area contributed by atoms with Crippen LogP contribution in [-0.2, 0) is 6.61 Å². The Morgan fingerprint density at radius 3 is 2.55 bits per heavy atom. The monoisotopic (exact) mass is 407 g/mol. The van der Waals surface area contributed by atoms with Crippen molar-refractivity contribution in [3.8, 4) is 0 Å². The molecule has 0 spiro atoms. The van der Waals surface area contributed by atoms with Crippen molar-refractivity contribution in [3.63, 3.8) is 0 Å². The van der Waals surface area contributed by atoms with Crippen LogP contribution in [-0.4, -0.2) is 15.0 Å². The third-order valence-corrected chi connectivity index (χ3v) is 4.38. The Hall–Kier alpha value is -3.62. The number of aliphatic hydroxyl groups is 1. The Kier molecular flexibility index (Phi) is 6.28. The van der Waals surface area contributed by atoms with Gasteiger partial charge in [-0.05, 0) is 29.5 Å². The molecule has 0 bridgehead atoms. The molecule has 1 aromatic heterocycles. The zero-order valence-corrected chi connectivity index (χ0v) is 16.0. The van der Waals surface area contributed by atoms with E-state index in [1.54, 1.807) is 36.7 Å². The first-order chi connectivity index (χ1) is 14.0. The number of nitrogens with zero attached hydrogens (tertiary/aromatic N) is 2. The van der Waals surface area contributed by atoms with Crippen molar-refractivity contribution in [2.75, 3.05) is 5.32 Å². The van der Waals surface area contributed by atoms with E-state index in [0.29, 0.717) is 11.3 Å². The van der Waals surface area contributed by atoms with E-state index in [1.165, 1.54) is 28.8 Å². The number of hydrogen-bond donors (Lipinski definition) is 2. The summed E-state index contributed by atoms with van der Waals surface area (Å²) in [7, 11) is 0. The van der Waals surface area contributed by atoms with Crippen molar-refractivity contribution in [2.45, 2.75) is 6.61 Å². The second-order valence-corrected chi connectivity index (χ2v) is 6.49. The lowest BCUT2D eigenvalue weighted by molar-refractivity contribution is -0.578. The Labute approximate surface area is 172 Å². The molecule has 0 saturated heterocycles. The quantitative estimate of drug-likeness (QED) is 0.163. The third kappa shape index (κ3) is 4.81. The number of aromatic nitrogens is 1. The second-order valence-electron chi connectivity index (χ2n) is 6.08. The third-order valence-electron chi connectivity index (χ3n) is 4.08. The number of benzene rings is 2. The highest BCUT2D eigenvalue weighted by molar-refractivity contribution is 7.81. The van der Waals surface area contributed by atoms with E-state index in [2.05, 4.69) is 5.32 Å². The summed E-state index contributed by atoms with van der Waals surface area (Å²) in [6, 6.07) is 18.0. The van der Waals surface area contributed by atoms with Crippen LogP contribution >= 0.6 is 12.2 Å². The molecule has 146 valence electrons. The standard InChI is InChI=1S/C21H17N3O4S/c25-14-15-6-5-11-23(13-15)19(21(29)22-17-8-2-1-3-9-17)20(26)16-7-4-10-18(12-16)24(27)28/h1-13,25H,14H2,(H-,22,26,29). The number of pyridine rings is 1. The molecule has 7 nitrogen and oxygen atoms in total. The van der Waals surface area contributed by atoms with E-state index in [9.17, 15) is 20.3 Å². The van der Waals surface area contributed by atoms with E-state index >= 15 is 0 Å². The topological polar surface area (TPSA) is 102 Å². The summed E-state index contributed by atoms with van der Waals surface area (Å²) < 4.78 is 1.50. The van der Waals surface area contributed by atoms with Gasteiger partial charge < -0.3 is 15.5 Å². The average molecular weight is 407 g/mol. The minimum atomic E-state index is -0.559. The van der Waals surface area contributed by atoms with Gasteiger partial charge in [-0.25, -0.2) is 0 Å². The number of thiocarbonyl (C=S) groups is 1. The van der Waals surface area contributed by atoms with Gasteiger partial charge in [-0.2, -0.15) is 4.57 Å². The van der Waals surface area contributed by atoms with Gasteiger partial charge in [0.15, 0.2) is 17.4 Å². The van der Waals surface area contributed by atoms with E-state index in [4.69, 9.17) is 12.2 Å². The molecule has 0 atom stereocenters. The van der Waals surface area contributed by atoms with Crippen molar-refractivity contribution < 1.29 is 19.7 Å².